The second kappa shape index (κ2) is 15.8. The van der Waals surface area contributed by atoms with Gasteiger partial charge in [-0.05, 0) is 54.2 Å². The molecule has 2 aromatic carbocycles. The minimum Gasteiger partial charge on any atom is -0.508 e. The van der Waals surface area contributed by atoms with E-state index < -0.39 is 47.9 Å². The smallest absolute Gasteiger partial charge is 0.326 e. The fraction of sp³-hybridized carbons (Fsp3) is 0.323. The molecule has 2 heterocycles. The van der Waals surface area contributed by atoms with Crippen molar-refractivity contribution in [3.05, 3.63) is 84.1 Å². The Kier molecular flexibility index (Phi) is 11.6. The van der Waals surface area contributed by atoms with Gasteiger partial charge in [-0.3, -0.25) is 14.4 Å². The third-order valence-corrected chi connectivity index (χ3v) is 7.94. The van der Waals surface area contributed by atoms with Crippen LogP contribution in [0, 0.1) is 0 Å². The van der Waals surface area contributed by atoms with Crippen molar-refractivity contribution in [3.8, 4) is 5.75 Å². The van der Waals surface area contributed by atoms with Crippen molar-refractivity contribution in [3.63, 3.8) is 0 Å². The summed E-state index contributed by atoms with van der Waals surface area (Å²) in [6, 6.07) is 9.21. The monoisotopic (exact) mass is 635 g/mol. The molecule has 4 unspecified atom stereocenters. The summed E-state index contributed by atoms with van der Waals surface area (Å²) in [6.45, 7) is 0. The van der Waals surface area contributed by atoms with Crippen LogP contribution in [0.1, 0.15) is 23.2 Å². The lowest BCUT2D eigenvalue weighted by atomic mass is 10.0. The lowest BCUT2D eigenvalue weighted by Gasteiger charge is -2.25. The van der Waals surface area contributed by atoms with E-state index in [-0.39, 0.29) is 31.4 Å². The van der Waals surface area contributed by atoms with Gasteiger partial charge in [-0.15, -0.1) is 0 Å². The molecule has 4 aromatic rings. The van der Waals surface area contributed by atoms with Crippen LogP contribution in [0.15, 0.2) is 67.3 Å². The second-order valence-corrected chi connectivity index (χ2v) is 11.6. The van der Waals surface area contributed by atoms with Crippen molar-refractivity contribution in [1.82, 2.24) is 30.9 Å². The lowest BCUT2D eigenvalue weighted by molar-refractivity contribution is -0.142. The van der Waals surface area contributed by atoms with E-state index in [2.05, 4.69) is 30.9 Å². The molecule has 14 heteroatoms. The molecule has 0 radical (unpaired) electrons. The maximum atomic E-state index is 13.6. The maximum Gasteiger partial charge on any atom is 0.326 e. The maximum absolute atomic E-state index is 13.6. The fourth-order valence-electron chi connectivity index (χ4n) is 4.85. The number of nitrogens with one attached hydrogen (secondary N) is 5. The molecule has 9 N–H and O–H groups in total. The van der Waals surface area contributed by atoms with E-state index in [1.54, 1.807) is 18.3 Å². The summed E-state index contributed by atoms with van der Waals surface area (Å²) in [4.78, 5) is 62.2. The van der Waals surface area contributed by atoms with Crippen LogP contribution in [0.2, 0.25) is 0 Å². The number of H-pyrrole nitrogens is 2. The van der Waals surface area contributed by atoms with Crippen molar-refractivity contribution >= 4 is 46.4 Å². The SMILES string of the molecule is CSCCC(NC(=O)C(Cc1cnc[nH]1)NC(=O)C(N)Cc1c[nH]c2ccccc12)C(=O)NC(Cc1ccc(O)cc1)C(=O)O. The summed E-state index contributed by atoms with van der Waals surface area (Å²) < 4.78 is 0. The van der Waals surface area contributed by atoms with Crippen LogP contribution in [-0.2, 0) is 38.4 Å². The topological polar surface area (TPSA) is 215 Å². The van der Waals surface area contributed by atoms with Crippen LogP contribution in [0.4, 0.5) is 0 Å². The van der Waals surface area contributed by atoms with E-state index in [9.17, 15) is 29.4 Å². The summed E-state index contributed by atoms with van der Waals surface area (Å²) >= 11 is 1.46. The van der Waals surface area contributed by atoms with E-state index >= 15 is 0 Å². The van der Waals surface area contributed by atoms with Crippen molar-refractivity contribution in [2.45, 2.75) is 49.9 Å². The van der Waals surface area contributed by atoms with Gasteiger partial charge in [0, 0.05) is 41.8 Å². The molecule has 0 saturated carbocycles. The molecule has 0 aliphatic heterocycles. The van der Waals surface area contributed by atoms with Crippen molar-refractivity contribution < 1.29 is 29.4 Å². The number of para-hydroxylation sites is 1. The molecular formula is C31H37N7O6S. The number of carbonyl (C=O) groups excluding carboxylic acids is 3. The third kappa shape index (κ3) is 9.33. The van der Waals surface area contributed by atoms with Crippen LogP contribution in [-0.4, -0.2) is 85.0 Å². The van der Waals surface area contributed by atoms with Gasteiger partial charge < -0.3 is 41.9 Å². The van der Waals surface area contributed by atoms with Crippen molar-refractivity contribution in [2.75, 3.05) is 12.0 Å². The molecule has 0 aliphatic rings. The van der Waals surface area contributed by atoms with Gasteiger partial charge in [-0.25, -0.2) is 9.78 Å². The second-order valence-electron chi connectivity index (χ2n) is 10.6. The Morgan fingerprint density at radius 1 is 0.889 bits per heavy atom. The molecule has 0 bridgehead atoms. The number of imidazole rings is 1. The normalized spacial score (nSPS) is 13.8. The number of aromatic hydroxyl groups is 1. The Morgan fingerprint density at radius 2 is 1.58 bits per heavy atom. The third-order valence-electron chi connectivity index (χ3n) is 7.30. The molecule has 4 atom stereocenters. The number of nitrogens with two attached hydrogens (primary N) is 1. The number of aliphatic carboxylic acids is 1. The van der Waals surface area contributed by atoms with Crippen LogP contribution in [0.25, 0.3) is 10.9 Å². The van der Waals surface area contributed by atoms with Crippen molar-refractivity contribution in [1.29, 1.82) is 0 Å². The average Bonchev–Trinajstić information content (AvgIpc) is 3.69. The quantitative estimate of drug-likeness (QED) is 0.0888. The number of thioether (sulfide) groups is 1. The molecule has 0 fully saturated rings. The number of phenolic OH excluding ortho intramolecular Hbond substituents is 1. The molecular weight excluding hydrogens is 598 g/mol. The molecule has 45 heavy (non-hydrogen) atoms. The van der Waals surface area contributed by atoms with Gasteiger partial charge in [0.1, 0.15) is 23.9 Å². The van der Waals surface area contributed by atoms with E-state index in [0.29, 0.717) is 17.0 Å². The average molecular weight is 636 g/mol. The summed E-state index contributed by atoms with van der Waals surface area (Å²) in [6.07, 6.45) is 7.08. The number of rotatable bonds is 16. The number of amides is 3. The summed E-state index contributed by atoms with van der Waals surface area (Å²) in [5.41, 5.74) is 9.22. The van der Waals surface area contributed by atoms with Crippen LogP contribution < -0.4 is 21.7 Å². The number of phenols is 1. The highest BCUT2D eigenvalue weighted by Gasteiger charge is 2.31. The highest BCUT2D eigenvalue weighted by atomic mass is 32.2. The Hall–Kier alpha value is -4.82. The Balaban J connectivity index is 1.46. The zero-order valence-corrected chi connectivity index (χ0v) is 25.5. The van der Waals surface area contributed by atoms with Gasteiger partial charge in [-0.1, -0.05) is 30.3 Å². The standard InChI is InChI=1S/C31H37N7O6S/c1-45-11-10-25(29(41)38-27(31(43)44)12-18-6-8-21(39)9-7-18)36-30(42)26(14-20-16-33-17-35-20)37-28(40)23(32)13-19-15-34-24-5-3-2-4-22(19)24/h2-9,15-17,23,25-27,34,39H,10-14,32H2,1H3,(H,33,35)(H,36,42)(H,37,40)(H,38,41)(H,43,44). The number of aromatic nitrogens is 3. The highest BCUT2D eigenvalue weighted by molar-refractivity contribution is 7.98. The molecule has 2 aromatic heterocycles. The Bertz CT molecular complexity index is 1590. The molecule has 0 spiro atoms. The van der Waals surface area contributed by atoms with Crippen molar-refractivity contribution in [2.24, 2.45) is 5.73 Å². The fourth-order valence-corrected chi connectivity index (χ4v) is 5.32. The summed E-state index contributed by atoms with van der Waals surface area (Å²) in [7, 11) is 0. The predicted molar refractivity (Wildman–Crippen MR) is 171 cm³/mol. The molecule has 13 nitrogen and oxygen atoms in total. The molecule has 4 rings (SSSR count). The first-order valence-electron chi connectivity index (χ1n) is 14.3. The number of carboxylic acids is 1. The van der Waals surface area contributed by atoms with Gasteiger partial charge in [0.2, 0.25) is 17.7 Å². The number of hydrogen-bond acceptors (Lipinski definition) is 8. The van der Waals surface area contributed by atoms with Crippen LogP contribution in [0.5, 0.6) is 5.75 Å². The molecule has 0 saturated heterocycles. The first-order chi connectivity index (χ1) is 21.6. The van der Waals surface area contributed by atoms with Gasteiger partial charge >= 0.3 is 5.97 Å². The highest BCUT2D eigenvalue weighted by Crippen LogP contribution is 2.19. The number of benzene rings is 2. The minimum atomic E-state index is -1.28. The van der Waals surface area contributed by atoms with Gasteiger partial charge in [0.15, 0.2) is 0 Å². The number of hydrogen-bond donors (Lipinski definition) is 8. The first kappa shape index (κ1) is 33.1. The predicted octanol–water partition coefficient (Wildman–Crippen LogP) is 1.24. The van der Waals surface area contributed by atoms with E-state index in [1.165, 1.54) is 36.4 Å². The largest absolute Gasteiger partial charge is 0.508 e. The molecule has 238 valence electrons. The zero-order valence-electron chi connectivity index (χ0n) is 24.7. The minimum absolute atomic E-state index is 0.0304. The van der Waals surface area contributed by atoms with Crippen LogP contribution in [0.3, 0.4) is 0 Å². The van der Waals surface area contributed by atoms with E-state index in [0.717, 1.165) is 16.5 Å². The van der Waals surface area contributed by atoms with E-state index in [1.807, 2.05) is 30.5 Å². The summed E-state index contributed by atoms with van der Waals surface area (Å²) in [5.74, 6) is -2.58. The zero-order chi connectivity index (χ0) is 32.3. The van der Waals surface area contributed by atoms with E-state index in [4.69, 9.17) is 5.73 Å². The first-order valence-corrected chi connectivity index (χ1v) is 15.7. The van der Waals surface area contributed by atoms with Gasteiger partial charge in [0.25, 0.3) is 0 Å². The Morgan fingerprint density at radius 3 is 2.27 bits per heavy atom. The molecule has 0 aliphatic carbocycles. The molecule has 3 amide bonds. The number of nitrogens with zero attached hydrogens (tertiary/aromatic N) is 1. The lowest BCUT2D eigenvalue weighted by Crippen LogP contribution is -2.58. The number of aromatic amines is 2. The van der Waals surface area contributed by atoms with Crippen LogP contribution >= 0.6 is 11.8 Å². The number of carbonyl (C=O) groups is 4. The Labute approximate surface area is 263 Å². The number of carboxylic acid groups (broad SMARTS) is 1. The van der Waals surface area contributed by atoms with Gasteiger partial charge in [-0.2, -0.15) is 11.8 Å². The summed E-state index contributed by atoms with van der Waals surface area (Å²) in [5, 5.41) is 28.2. The number of fused-ring (bicyclic) bond motifs is 1. The van der Waals surface area contributed by atoms with Gasteiger partial charge in [0.05, 0.1) is 12.4 Å².